The van der Waals surface area contributed by atoms with Crippen molar-refractivity contribution in [2.75, 3.05) is 5.32 Å². The van der Waals surface area contributed by atoms with Gasteiger partial charge in [0.05, 0.1) is 21.2 Å². The van der Waals surface area contributed by atoms with Crippen molar-refractivity contribution in [1.29, 1.82) is 0 Å². The Bertz CT molecular complexity index is 821. The third-order valence-corrected chi connectivity index (χ3v) is 4.88. The van der Waals surface area contributed by atoms with Crippen LogP contribution in [-0.2, 0) is 11.2 Å². The molecule has 3 nitrogen and oxygen atoms in total. The molecule has 1 amide bonds. The van der Waals surface area contributed by atoms with Crippen molar-refractivity contribution < 1.29 is 4.79 Å². The highest BCUT2D eigenvalue weighted by Gasteiger charge is 2.13. The summed E-state index contributed by atoms with van der Waals surface area (Å²) >= 11 is 13.5. The third-order valence-electron chi connectivity index (χ3n) is 3.14. The zero-order chi connectivity index (χ0) is 15.7. The van der Waals surface area contributed by atoms with Crippen molar-refractivity contribution >= 4 is 55.8 Å². The molecule has 0 fully saturated rings. The summed E-state index contributed by atoms with van der Waals surface area (Å²) in [5, 5.41) is 4.41. The lowest BCUT2D eigenvalue weighted by atomic mass is 10.1. The minimum atomic E-state index is -0.114. The fourth-order valence-electron chi connectivity index (χ4n) is 2.17. The number of halogens is 2. The second-order valence-corrected chi connectivity index (χ2v) is 6.75. The molecule has 22 heavy (non-hydrogen) atoms. The maximum absolute atomic E-state index is 12.1. The number of nitrogens with zero attached hydrogens (tertiary/aromatic N) is 1. The molecule has 1 N–H and O–H groups in total. The number of hydrogen-bond donors (Lipinski definition) is 1. The van der Waals surface area contributed by atoms with E-state index in [4.69, 9.17) is 23.2 Å². The number of thiazole rings is 1. The van der Waals surface area contributed by atoms with Crippen LogP contribution in [0, 0.1) is 6.92 Å². The van der Waals surface area contributed by atoms with Gasteiger partial charge in [0.25, 0.3) is 0 Å². The van der Waals surface area contributed by atoms with Gasteiger partial charge in [0.1, 0.15) is 5.52 Å². The molecule has 1 heterocycles. The van der Waals surface area contributed by atoms with Crippen molar-refractivity contribution in [2.45, 2.75) is 13.3 Å². The van der Waals surface area contributed by atoms with Crippen molar-refractivity contribution in [2.24, 2.45) is 0 Å². The Hall–Kier alpha value is -1.62. The topological polar surface area (TPSA) is 42.0 Å². The van der Waals surface area contributed by atoms with Gasteiger partial charge in [-0.2, -0.15) is 0 Å². The van der Waals surface area contributed by atoms with Crippen molar-refractivity contribution in [3.8, 4) is 0 Å². The minimum Gasteiger partial charge on any atom is -0.302 e. The highest BCUT2D eigenvalue weighted by Crippen LogP contribution is 2.36. The van der Waals surface area contributed by atoms with Crippen LogP contribution >= 0.6 is 34.5 Å². The minimum absolute atomic E-state index is 0.114. The number of anilines is 1. The second kappa shape index (κ2) is 6.24. The molecular weight excluding hydrogens is 339 g/mol. The number of fused-ring (bicyclic) bond motifs is 1. The summed E-state index contributed by atoms with van der Waals surface area (Å²) in [5.41, 5.74) is 2.71. The average Bonchev–Trinajstić information content (AvgIpc) is 2.88. The Morgan fingerprint density at radius 2 is 2.00 bits per heavy atom. The van der Waals surface area contributed by atoms with E-state index in [2.05, 4.69) is 10.3 Å². The highest BCUT2D eigenvalue weighted by atomic mass is 35.5. The summed E-state index contributed by atoms with van der Waals surface area (Å²) in [5.74, 6) is -0.114. The Labute approximate surface area is 141 Å². The summed E-state index contributed by atoms with van der Waals surface area (Å²) in [6.45, 7) is 2.00. The smallest absolute Gasteiger partial charge is 0.230 e. The van der Waals surface area contributed by atoms with Gasteiger partial charge < -0.3 is 5.32 Å². The molecule has 0 aliphatic heterocycles. The number of rotatable bonds is 3. The first-order valence-electron chi connectivity index (χ1n) is 6.63. The van der Waals surface area contributed by atoms with Gasteiger partial charge in [0, 0.05) is 0 Å². The molecule has 3 rings (SSSR count). The summed E-state index contributed by atoms with van der Waals surface area (Å²) < 4.78 is 0.778. The number of nitrogens with one attached hydrogen (secondary N) is 1. The normalized spacial score (nSPS) is 10.9. The van der Waals surface area contributed by atoms with E-state index in [1.54, 1.807) is 12.1 Å². The first-order valence-corrected chi connectivity index (χ1v) is 8.20. The SMILES string of the molecule is Cc1cccc(CC(=O)Nc2nc3c(Cl)ccc(Cl)c3s2)c1. The maximum Gasteiger partial charge on any atom is 0.230 e. The Morgan fingerprint density at radius 1 is 1.23 bits per heavy atom. The van der Waals surface area contributed by atoms with Crippen LogP contribution in [0.5, 0.6) is 0 Å². The number of carbonyl (C=O) groups is 1. The molecule has 112 valence electrons. The molecule has 2 aromatic carbocycles. The first kappa shape index (κ1) is 15.3. The lowest BCUT2D eigenvalue weighted by molar-refractivity contribution is -0.115. The predicted molar refractivity (Wildman–Crippen MR) is 93.2 cm³/mol. The number of amides is 1. The molecule has 0 radical (unpaired) electrons. The van der Waals surface area contributed by atoms with Crippen molar-refractivity contribution in [3.05, 3.63) is 57.6 Å². The van der Waals surface area contributed by atoms with Gasteiger partial charge in [-0.25, -0.2) is 4.98 Å². The summed E-state index contributed by atoms with van der Waals surface area (Å²) in [7, 11) is 0. The van der Waals surface area contributed by atoms with E-state index in [9.17, 15) is 4.79 Å². The van der Waals surface area contributed by atoms with Crippen LogP contribution in [0.2, 0.25) is 10.0 Å². The van der Waals surface area contributed by atoms with Gasteiger partial charge in [0.15, 0.2) is 5.13 Å². The van der Waals surface area contributed by atoms with Gasteiger partial charge in [-0.3, -0.25) is 4.79 Å². The summed E-state index contributed by atoms with van der Waals surface area (Å²) in [6.07, 6.45) is 0.305. The number of aromatic nitrogens is 1. The van der Waals surface area contributed by atoms with Gasteiger partial charge >= 0.3 is 0 Å². The molecule has 1 aromatic heterocycles. The van der Waals surface area contributed by atoms with Crippen LogP contribution in [-0.4, -0.2) is 10.9 Å². The van der Waals surface area contributed by atoms with E-state index in [1.165, 1.54) is 11.3 Å². The highest BCUT2D eigenvalue weighted by molar-refractivity contribution is 7.23. The third kappa shape index (κ3) is 3.24. The van der Waals surface area contributed by atoms with Gasteiger partial charge in [0.2, 0.25) is 5.91 Å². The number of hydrogen-bond acceptors (Lipinski definition) is 3. The van der Waals surface area contributed by atoms with E-state index in [0.29, 0.717) is 27.1 Å². The van der Waals surface area contributed by atoms with Gasteiger partial charge in [-0.15, -0.1) is 0 Å². The van der Waals surface area contributed by atoms with E-state index in [0.717, 1.165) is 15.8 Å². The Balaban J connectivity index is 1.79. The molecule has 0 aliphatic carbocycles. The van der Waals surface area contributed by atoms with Crippen LogP contribution in [0.3, 0.4) is 0 Å². The molecule has 0 atom stereocenters. The predicted octanol–water partition coefficient (Wildman–Crippen LogP) is 5.09. The van der Waals surface area contributed by atoms with Gasteiger partial charge in [-0.1, -0.05) is 64.4 Å². The van der Waals surface area contributed by atoms with E-state index >= 15 is 0 Å². The van der Waals surface area contributed by atoms with Crippen LogP contribution in [0.1, 0.15) is 11.1 Å². The fourth-order valence-corrected chi connectivity index (χ4v) is 3.61. The maximum atomic E-state index is 12.1. The van der Waals surface area contributed by atoms with E-state index in [-0.39, 0.29) is 5.91 Å². The standard InChI is InChI=1S/C16H12Cl2N2OS/c1-9-3-2-4-10(7-9)8-13(21)19-16-20-14-11(17)5-6-12(18)15(14)22-16/h2-7H,8H2,1H3,(H,19,20,21). The Morgan fingerprint density at radius 3 is 2.73 bits per heavy atom. The number of carbonyl (C=O) groups excluding carboxylic acids is 1. The molecule has 6 heteroatoms. The molecule has 0 saturated carbocycles. The fraction of sp³-hybridized carbons (Fsp3) is 0.125. The molecule has 0 unspecified atom stereocenters. The van der Waals surface area contributed by atoms with Crippen LogP contribution in [0.25, 0.3) is 10.2 Å². The first-order chi connectivity index (χ1) is 10.5. The van der Waals surface area contributed by atoms with Gasteiger partial charge in [-0.05, 0) is 24.6 Å². The molecule has 3 aromatic rings. The summed E-state index contributed by atoms with van der Waals surface area (Å²) in [6, 6.07) is 11.3. The zero-order valence-electron chi connectivity index (χ0n) is 11.7. The van der Waals surface area contributed by atoms with E-state index in [1.807, 2.05) is 31.2 Å². The molecule has 0 saturated heterocycles. The second-order valence-electron chi connectivity index (χ2n) is 4.94. The Kier molecular flexibility index (Phi) is 4.34. The molecule has 0 spiro atoms. The van der Waals surface area contributed by atoms with Crippen LogP contribution in [0.4, 0.5) is 5.13 Å². The average molecular weight is 351 g/mol. The largest absolute Gasteiger partial charge is 0.302 e. The number of aryl methyl sites for hydroxylation is 1. The quantitative estimate of drug-likeness (QED) is 0.714. The van der Waals surface area contributed by atoms with Crippen molar-refractivity contribution in [3.63, 3.8) is 0 Å². The monoisotopic (exact) mass is 350 g/mol. The summed E-state index contributed by atoms with van der Waals surface area (Å²) in [4.78, 5) is 16.5. The molecular formula is C16H12Cl2N2OS. The van der Waals surface area contributed by atoms with Crippen LogP contribution < -0.4 is 5.32 Å². The zero-order valence-corrected chi connectivity index (χ0v) is 14.0. The lowest BCUT2D eigenvalue weighted by Crippen LogP contribution is -2.14. The molecule has 0 bridgehead atoms. The van der Waals surface area contributed by atoms with Crippen LogP contribution in [0.15, 0.2) is 36.4 Å². The number of benzene rings is 2. The van der Waals surface area contributed by atoms with E-state index < -0.39 is 0 Å². The van der Waals surface area contributed by atoms with Crippen molar-refractivity contribution in [1.82, 2.24) is 4.98 Å². The lowest BCUT2D eigenvalue weighted by Gasteiger charge is -2.02. The molecule has 0 aliphatic rings.